The number of hydrogen-bond acceptors (Lipinski definition) is 2. The summed E-state index contributed by atoms with van der Waals surface area (Å²) in [6.07, 6.45) is 7.46. The third-order valence-electron chi connectivity index (χ3n) is 2.54. The molecule has 1 amide bonds. The van der Waals surface area contributed by atoms with Crippen molar-refractivity contribution in [1.29, 1.82) is 0 Å². The molecule has 2 heterocycles. The van der Waals surface area contributed by atoms with E-state index in [1.165, 1.54) is 0 Å². The van der Waals surface area contributed by atoms with Gasteiger partial charge in [0.25, 0.3) is 0 Å². The lowest BCUT2D eigenvalue weighted by Gasteiger charge is -2.14. The third-order valence-corrected chi connectivity index (χ3v) is 2.54. The highest BCUT2D eigenvalue weighted by atomic mass is 16.2. The first-order valence-electron chi connectivity index (χ1n) is 4.90. The molecule has 0 N–H and O–H groups in total. The van der Waals surface area contributed by atoms with Crippen molar-refractivity contribution in [2.75, 3.05) is 11.4 Å². The van der Waals surface area contributed by atoms with E-state index in [1.807, 2.05) is 19.1 Å². The average molecular weight is 200 g/mol. The van der Waals surface area contributed by atoms with Gasteiger partial charge in [0.15, 0.2) is 0 Å². The molecule has 1 aliphatic heterocycles. The van der Waals surface area contributed by atoms with Crippen molar-refractivity contribution in [2.45, 2.75) is 13.3 Å². The van der Waals surface area contributed by atoms with E-state index < -0.39 is 0 Å². The number of carbonyl (C=O) groups excluding carboxylic acids is 1. The number of terminal acetylenes is 1. The van der Waals surface area contributed by atoms with E-state index in [9.17, 15) is 4.79 Å². The van der Waals surface area contributed by atoms with Gasteiger partial charge in [-0.3, -0.25) is 9.69 Å². The Balaban J connectivity index is 2.26. The second-order valence-corrected chi connectivity index (χ2v) is 3.76. The molecule has 1 atom stereocenters. The predicted molar refractivity (Wildman–Crippen MR) is 58.3 cm³/mol. The lowest BCUT2D eigenvalue weighted by atomic mass is 10.1. The van der Waals surface area contributed by atoms with E-state index in [0.29, 0.717) is 18.8 Å². The van der Waals surface area contributed by atoms with Crippen molar-refractivity contribution < 1.29 is 4.79 Å². The molecule has 1 saturated heterocycles. The van der Waals surface area contributed by atoms with Crippen molar-refractivity contribution in [3.8, 4) is 12.3 Å². The number of carbonyl (C=O) groups is 1. The zero-order valence-electron chi connectivity index (χ0n) is 8.60. The first-order valence-corrected chi connectivity index (χ1v) is 4.90. The standard InChI is InChI=1S/C12H12N2O/c1-3-10-7-12(15)14(8-10)11-6-9(2)4-5-13-11/h1,4-6,10H,7-8H2,2H3. The van der Waals surface area contributed by atoms with Crippen LogP contribution in [-0.2, 0) is 4.79 Å². The SMILES string of the molecule is C#CC1CC(=O)N(c2cc(C)ccn2)C1. The van der Waals surface area contributed by atoms with Crippen LogP contribution in [0.2, 0.25) is 0 Å². The van der Waals surface area contributed by atoms with Gasteiger partial charge in [-0.25, -0.2) is 4.98 Å². The Morgan fingerprint density at radius 3 is 3.07 bits per heavy atom. The van der Waals surface area contributed by atoms with Crippen LogP contribution < -0.4 is 4.90 Å². The van der Waals surface area contributed by atoms with E-state index in [4.69, 9.17) is 6.42 Å². The van der Waals surface area contributed by atoms with Crippen molar-refractivity contribution in [3.05, 3.63) is 23.9 Å². The van der Waals surface area contributed by atoms with E-state index in [0.717, 1.165) is 5.56 Å². The number of anilines is 1. The summed E-state index contributed by atoms with van der Waals surface area (Å²) in [5, 5.41) is 0. The molecular weight excluding hydrogens is 188 g/mol. The Hall–Kier alpha value is -1.82. The molecule has 1 unspecified atom stereocenters. The Labute approximate surface area is 89.1 Å². The first-order chi connectivity index (χ1) is 7.20. The molecule has 1 fully saturated rings. The van der Waals surface area contributed by atoms with E-state index in [-0.39, 0.29) is 11.8 Å². The molecule has 0 aromatic carbocycles. The number of aryl methyl sites for hydroxylation is 1. The topological polar surface area (TPSA) is 33.2 Å². The second kappa shape index (κ2) is 3.74. The molecule has 3 heteroatoms. The van der Waals surface area contributed by atoms with Crippen molar-refractivity contribution >= 4 is 11.7 Å². The Morgan fingerprint density at radius 1 is 1.67 bits per heavy atom. The maximum absolute atomic E-state index is 11.6. The normalized spacial score (nSPS) is 20.4. The second-order valence-electron chi connectivity index (χ2n) is 3.76. The monoisotopic (exact) mass is 200 g/mol. The maximum atomic E-state index is 11.6. The fraction of sp³-hybridized carbons (Fsp3) is 0.333. The average Bonchev–Trinajstić information content (AvgIpc) is 2.60. The Morgan fingerprint density at radius 2 is 2.47 bits per heavy atom. The summed E-state index contributed by atoms with van der Waals surface area (Å²) in [6.45, 7) is 2.57. The Bertz CT molecular complexity index is 433. The predicted octanol–water partition coefficient (Wildman–Crippen LogP) is 1.38. The molecule has 1 aliphatic rings. The number of aromatic nitrogens is 1. The lowest BCUT2D eigenvalue weighted by Crippen LogP contribution is -2.25. The summed E-state index contributed by atoms with van der Waals surface area (Å²) in [4.78, 5) is 17.5. The molecular formula is C12H12N2O. The largest absolute Gasteiger partial charge is 0.296 e. The molecule has 2 rings (SSSR count). The summed E-state index contributed by atoms with van der Waals surface area (Å²) in [7, 11) is 0. The van der Waals surface area contributed by atoms with E-state index >= 15 is 0 Å². The zero-order valence-corrected chi connectivity index (χ0v) is 8.60. The first kappa shape index (κ1) is 9.72. The Kier molecular flexibility index (Phi) is 2.42. The molecule has 1 aromatic rings. The van der Waals surface area contributed by atoms with Crippen LogP contribution in [0.5, 0.6) is 0 Å². The van der Waals surface area contributed by atoms with Crippen LogP contribution in [0.4, 0.5) is 5.82 Å². The molecule has 0 saturated carbocycles. The van der Waals surface area contributed by atoms with Gasteiger partial charge in [-0.1, -0.05) is 0 Å². The molecule has 3 nitrogen and oxygen atoms in total. The summed E-state index contributed by atoms with van der Waals surface area (Å²) in [6, 6.07) is 3.81. The van der Waals surface area contributed by atoms with Crippen LogP contribution in [-0.4, -0.2) is 17.4 Å². The van der Waals surface area contributed by atoms with Crippen LogP contribution >= 0.6 is 0 Å². The van der Waals surface area contributed by atoms with Gasteiger partial charge >= 0.3 is 0 Å². The van der Waals surface area contributed by atoms with Crippen molar-refractivity contribution in [1.82, 2.24) is 4.98 Å². The van der Waals surface area contributed by atoms with Crippen LogP contribution in [0, 0.1) is 25.2 Å². The van der Waals surface area contributed by atoms with E-state index in [2.05, 4.69) is 10.9 Å². The minimum Gasteiger partial charge on any atom is -0.296 e. The highest BCUT2D eigenvalue weighted by molar-refractivity contribution is 5.95. The third kappa shape index (κ3) is 1.84. The van der Waals surface area contributed by atoms with Gasteiger partial charge in [-0.15, -0.1) is 12.3 Å². The number of hydrogen-bond donors (Lipinski definition) is 0. The van der Waals surface area contributed by atoms with Crippen molar-refractivity contribution in [2.24, 2.45) is 5.92 Å². The minimum absolute atomic E-state index is 0.0276. The highest BCUT2D eigenvalue weighted by Gasteiger charge is 2.29. The van der Waals surface area contributed by atoms with Gasteiger partial charge in [0.1, 0.15) is 5.82 Å². The van der Waals surface area contributed by atoms with Gasteiger partial charge in [0, 0.05) is 25.1 Å². The summed E-state index contributed by atoms with van der Waals surface area (Å²) >= 11 is 0. The molecule has 76 valence electrons. The quantitative estimate of drug-likeness (QED) is 0.641. The summed E-state index contributed by atoms with van der Waals surface area (Å²) in [5.41, 5.74) is 1.09. The van der Waals surface area contributed by atoms with Crippen molar-refractivity contribution in [3.63, 3.8) is 0 Å². The highest BCUT2D eigenvalue weighted by Crippen LogP contribution is 2.23. The van der Waals surface area contributed by atoms with E-state index in [1.54, 1.807) is 11.1 Å². The number of pyridine rings is 1. The van der Waals surface area contributed by atoms with Gasteiger partial charge in [-0.2, -0.15) is 0 Å². The number of rotatable bonds is 1. The zero-order chi connectivity index (χ0) is 10.8. The van der Waals surface area contributed by atoms with Crippen LogP contribution in [0.3, 0.4) is 0 Å². The van der Waals surface area contributed by atoms with Crippen LogP contribution in [0.25, 0.3) is 0 Å². The number of amides is 1. The van der Waals surface area contributed by atoms with Crippen LogP contribution in [0.15, 0.2) is 18.3 Å². The lowest BCUT2D eigenvalue weighted by molar-refractivity contribution is -0.117. The molecule has 1 aromatic heterocycles. The van der Waals surface area contributed by atoms with Gasteiger partial charge < -0.3 is 0 Å². The fourth-order valence-corrected chi connectivity index (χ4v) is 1.71. The fourth-order valence-electron chi connectivity index (χ4n) is 1.71. The molecule has 0 aliphatic carbocycles. The van der Waals surface area contributed by atoms with Gasteiger partial charge in [-0.05, 0) is 24.6 Å². The molecule has 0 spiro atoms. The van der Waals surface area contributed by atoms with Gasteiger partial charge in [0.2, 0.25) is 5.91 Å². The number of nitrogens with zero attached hydrogens (tertiary/aromatic N) is 2. The summed E-state index contributed by atoms with van der Waals surface area (Å²) < 4.78 is 0. The smallest absolute Gasteiger partial charge is 0.229 e. The molecule has 0 radical (unpaired) electrons. The summed E-state index contributed by atoms with van der Waals surface area (Å²) in [5.74, 6) is 3.42. The maximum Gasteiger partial charge on any atom is 0.229 e. The minimum atomic E-state index is 0.0276. The van der Waals surface area contributed by atoms with Gasteiger partial charge in [0.05, 0.1) is 0 Å². The molecule has 0 bridgehead atoms. The van der Waals surface area contributed by atoms with Crippen LogP contribution in [0.1, 0.15) is 12.0 Å². The molecule has 15 heavy (non-hydrogen) atoms.